The zero-order valence-electron chi connectivity index (χ0n) is 30.9. The summed E-state index contributed by atoms with van der Waals surface area (Å²) in [6, 6.07) is 14.3. The lowest BCUT2D eigenvalue weighted by Gasteiger charge is -2.30. The third kappa shape index (κ3) is 8.56. The number of H-pyrrole nitrogens is 1. The molecule has 0 aliphatic carbocycles. The number of carbonyl (C=O) groups is 1. The molecule has 24 heteroatoms. The van der Waals surface area contributed by atoms with Gasteiger partial charge in [0.2, 0.25) is 0 Å². The van der Waals surface area contributed by atoms with Gasteiger partial charge in [0.15, 0.2) is 42.0 Å². The SMILES string of the molecule is Cc1ccc(C(=O)c2ccc(CSP3(=O)OC[C@H]4OC(n5c(=O)cc[nH]c5=O)[C@H](F)[C@@H]4OP(=O)([O-])OC[C@H]4OC(n5cnc6c(N)ncnc65)[C@H](O3)[C@@H]4F)cc2)cc1.[CH3+]. The number of fused-ring (bicyclic) bond motifs is 4. The second kappa shape index (κ2) is 16.8. The molecule has 0 spiro atoms. The van der Waals surface area contributed by atoms with E-state index < -0.39 is 88.3 Å². The van der Waals surface area contributed by atoms with E-state index in [1.54, 1.807) is 36.4 Å². The molecule has 3 aliphatic rings. The van der Waals surface area contributed by atoms with Crippen LogP contribution in [0.5, 0.6) is 0 Å². The number of alkyl halides is 2. The van der Waals surface area contributed by atoms with Gasteiger partial charge in [-0.2, -0.15) is 0 Å². The summed E-state index contributed by atoms with van der Waals surface area (Å²) in [6.07, 6.45) is -12.4. The van der Waals surface area contributed by atoms with Gasteiger partial charge in [0, 0.05) is 36.6 Å². The molecule has 8 rings (SSSR count). The number of aromatic amines is 1. The number of phosphoric acid groups is 1. The average Bonchev–Trinajstić information content (AvgIpc) is 3.86. The smallest absolute Gasteiger partial charge is 0.390 e. The number of hydrogen-bond acceptors (Lipinski definition) is 17. The van der Waals surface area contributed by atoms with Crippen molar-refractivity contribution in [3.05, 3.63) is 124 Å². The van der Waals surface area contributed by atoms with Crippen LogP contribution in [0, 0.1) is 14.4 Å². The number of hydrogen-bond donors (Lipinski definition) is 2. The first-order valence-electron chi connectivity index (χ1n) is 17.4. The standard InChI is InChI=1S/C34H33F2N7O12P2S.CH3/c1-17-2-6-19(7-3-17)27(45)20-8-4-18(5-9-20)14-58-57(49)51-13-22-28(25(36)32(53-22)43-23(44)10-11-38-34(43)46)54-56(47,48)50-12-21-24(35)29(55-57)33(52-21)42-16-41-26-30(37)39-15-40-31(26)42;/h2-11,15-16,21-22,24-25,28-29,32-33H,12-14H2,1H3,(H,38,46)(H,47,48)(H2,37,39,40);1H3/q;+1/p-1/t21-,22-,24-,25-,28-,29-,32?,33?,57?;/m1./s1. The molecule has 19 nitrogen and oxygen atoms in total. The number of ether oxygens (including phenoxy) is 2. The second-order valence-corrected chi connectivity index (χ2v) is 18.8. The zero-order valence-corrected chi connectivity index (χ0v) is 33.5. The summed E-state index contributed by atoms with van der Waals surface area (Å²) in [6.45, 7) is -4.73. The number of nitrogens with two attached hydrogens (primary N) is 1. The Morgan fingerprint density at radius 3 is 2.31 bits per heavy atom. The quantitative estimate of drug-likeness (QED) is 0.134. The van der Waals surface area contributed by atoms with Gasteiger partial charge in [-0.1, -0.05) is 54.1 Å². The summed E-state index contributed by atoms with van der Waals surface area (Å²) >= 11 is 0.588. The van der Waals surface area contributed by atoms with Crippen LogP contribution in [0.15, 0.2) is 83.0 Å². The van der Waals surface area contributed by atoms with Crippen molar-refractivity contribution in [2.45, 2.75) is 61.9 Å². The molecule has 312 valence electrons. The Balaban J connectivity index is 0.00000528. The summed E-state index contributed by atoms with van der Waals surface area (Å²) < 4.78 is 95.6. The molecule has 0 radical (unpaired) electrons. The average molecular weight is 878 g/mol. The maximum absolute atomic E-state index is 16.5. The maximum atomic E-state index is 16.5. The van der Waals surface area contributed by atoms with E-state index in [2.05, 4.69) is 19.9 Å². The number of rotatable bonds is 7. The third-order valence-corrected chi connectivity index (χ3v) is 14.2. The fraction of sp³-hybridized carbons (Fsp3) is 0.343. The number of anilines is 1. The molecule has 3 saturated heterocycles. The number of ketones is 1. The number of nitrogen functional groups attached to an aromatic ring is 1. The number of aryl methyl sites for hydroxylation is 1. The first-order valence-corrected chi connectivity index (χ1v) is 22.0. The van der Waals surface area contributed by atoms with Gasteiger partial charge in [-0.3, -0.25) is 27.8 Å². The first-order chi connectivity index (χ1) is 27.7. The van der Waals surface area contributed by atoms with Gasteiger partial charge < -0.3 is 34.1 Å². The Labute approximate surface area is 337 Å². The highest BCUT2D eigenvalue weighted by Gasteiger charge is 2.54. The molecule has 3 aromatic heterocycles. The molecule has 3 fully saturated rings. The number of nitrogens with zero attached hydrogens (tertiary/aromatic N) is 5. The summed E-state index contributed by atoms with van der Waals surface area (Å²) in [4.78, 5) is 65.8. The van der Waals surface area contributed by atoms with Crippen molar-refractivity contribution >= 4 is 48.8 Å². The summed E-state index contributed by atoms with van der Waals surface area (Å²) in [5.74, 6) is -0.359. The molecule has 2 bridgehead atoms. The van der Waals surface area contributed by atoms with E-state index in [0.29, 0.717) is 32.6 Å². The highest BCUT2D eigenvalue weighted by Crippen LogP contribution is 2.65. The number of carbonyl (C=O) groups excluding carboxylic acids is 1. The molecule has 10 atom stereocenters. The number of imidazole rings is 1. The number of phosphoric ester groups is 1. The Kier molecular flexibility index (Phi) is 12.1. The number of benzene rings is 2. The van der Waals surface area contributed by atoms with Gasteiger partial charge in [-0.15, -0.1) is 0 Å². The predicted octanol–water partition coefficient (Wildman–Crippen LogP) is 3.75. The van der Waals surface area contributed by atoms with E-state index in [1.807, 2.05) is 19.1 Å². The molecular weight excluding hydrogens is 842 g/mol. The van der Waals surface area contributed by atoms with Crippen LogP contribution < -0.4 is 21.9 Å². The van der Waals surface area contributed by atoms with Crippen molar-refractivity contribution in [3.8, 4) is 0 Å². The van der Waals surface area contributed by atoms with E-state index in [9.17, 15) is 28.4 Å². The topological polar surface area (TPSA) is 254 Å². The van der Waals surface area contributed by atoms with Crippen molar-refractivity contribution in [1.29, 1.82) is 0 Å². The first kappa shape index (κ1) is 42.5. The molecule has 2 aromatic carbocycles. The van der Waals surface area contributed by atoms with E-state index in [4.69, 9.17) is 33.3 Å². The molecule has 0 amide bonds. The Morgan fingerprint density at radius 1 is 0.915 bits per heavy atom. The maximum Gasteiger partial charge on any atom is 0.390 e. The van der Waals surface area contributed by atoms with Crippen LogP contribution in [-0.2, 0) is 42.5 Å². The monoisotopic (exact) mass is 877 g/mol. The van der Waals surface area contributed by atoms with Crippen molar-refractivity contribution in [1.82, 2.24) is 29.1 Å². The van der Waals surface area contributed by atoms with Crippen molar-refractivity contribution in [2.24, 2.45) is 0 Å². The largest absolute Gasteiger partial charge is 0.756 e. The predicted molar refractivity (Wildman–Crippen MR) is 204 cm³/mol. The van der Waals surface area contributed by atoms with Crippen molar-refractivity contribution in [3.63, 3.8) is 0 Å². The lowest BCUT2D eigenvalue weighted by molar-refractivity contribution is -0.235. The van der Waals surface area contributed by atoms with Gasteiger partial charge >= 0.3 is 12.5 Å². The Hall–Kier alpha value is -4.60. The zero-order chi connectivity index (χ0) is 40.9. The summed E-state index contributed by atoms with van der Waals surface area (Å²) in [7, 11) is -5.54. The molecule has 59 heavy (non-hydrogen) atoms. The van der Waals surface area contributed by atoms with Gasteiger partial charge in [-0.05, 0) is 23.9 Å². The number of nitrogens with one attached hydrogen (secondary N) is 1. The summed E-state index contributed by atoms with van der Waals surface area (Å²) in [5, 5.41) is 0. The highest BCUT2D eigenvalue weighted by molar-refractivity contribution is 8.54. The molecule has 4 unspecified atom stereocenters. The van der Waals surface area contributed by atoms with Gasteiger partial charge in [-0.25, -0.2) is 37.7 Å². The van der Waals surface area contributed by atoms with Crippen molar-refractivity contribution in [2.75, 3.05) is 18.9 Å². The van der Waals surface area contributed by atoms with Crippen LogP contribution in [0.2, 0.25) is 0 Å². The minimum Gasteiger partial charge on any atom is -0.756 e. The molecule has 3 N–H and O–H groups in total. The van der Waals surface area contributed by atoms with Crippen LogP contribution in [0.25, 0.3) is 11.2 Å². The second-order valence-electron chi connectivity index (χ2n) is 13.4. The van der Waals surface area contributed by atoms with E-state index in [1.165, 1.54) is 10.9 Å². The Morgan fingerprint density at radius 2 is 1.59 bits per heavy atom. The van der Waals surface area contributed by atoms with E-state index >= 15 is 8.78 Å². The van der Waals surface area contributed by atoms with E-state index in [0.717, 1.165) is 24.2 Å². The van der Waals surface area contributed by atoms with Gasteiger partial charge in [0.1, 0.15) is 36.3 Å². The fourth-order valence-corrected chi connectivity index (χ4v) is 10.9. The number of halogens is 2. The fourth-order valence-electron chi connectivity index (χ4n) is 6.59. The highest BCUT2D eigenvalue weighted by atomic mass is 32.7. The molecule has 3 aliphatic heterocycles. The number of aromatic nitrogens is 6. The lowest BCUT2D eigenvalue weighted by atomic mass is 10.0. The summed E-state index contributed by atoms with van der Waals surface area (Å²) in [5.41, 5.74) is 6.43. The van der Waals surface area contributed by atoms with Gasteiger partial charge in [0.25, 0.3) is 13.4 Å². The molecule has 6 heterocycles. The molecule has 0 saturated carbocycles. The van der Waals surface area contributed by atoms with Gasteiger partial charge in [0.05, 0.1) is 19.5 Å². The van der Waals surface area contributed by atoms with Crippen LogP contribution in [-0.4, -0.2) is 84.8 Å². The third-order valence-electron chi connectivity index (χ3n) is 9.55. The van der Waals surface area contributed by atoms with Crippen LogP contribution >= 0.6 is 26.0 Å². The normalized spacial score (nSPS) is 31.1. The lowest BCUT2D eigenvalue weighted by Crippen LogP contribution is -2.41. The van der Waals surface area contributed by atoms with Crippen molar-refractivity contribution < 1.29 is 55.2 Å². The molecular formula is C35H35F2N7O12P2S. The van der Waals surface area contributed by atoms with Crippen LogP contribution in [0.4, 0.5) is 14.6 Å². The van der Waals surface area contributed by atoms with E-state index in [-0.39, 0.29) is 35.9 Å². The minimum atomic E-state index is -5.54. The van der Waals surface area contributed by atoms with Crippen LogP contribution in [0.3, 0.4) is 0 Å². The minimum absolute atomic E-state index is 0. The van der Waals surface area contributed by atoms with Crippen LogP contribution in [0.1, 0.15) is 39.5 Å². The molecule has 5 aromatic rings. The Bertz CT molecular complexity index is 2540.